The Labute approximate surface area is 259 Å². The average Bonchev–Trinajstić information content (AvgIpc) is 2.98. The van der Waals surface area contributed by atoms with Crippen molar-refractivity contribution in [3.63, 3.8) is 0 Å². The number of nitrogens with zero attached hydrogens (tertiary/aromatic N) is 2. The Morgan fingerprint density at radius 2 is 1.80 bits per heavy atom. The lowest BCUT2D eigenvalue weighted by Crippen LogP contribution is -2.43. The van der Waals surface area contributed by atoms with Crippen LogP contribution in [0.2, 0.25) is 5.02 Å². The lowest BCUT2D eigenvalue weighted by molar-refractivity contribution is -0.133. The van der Waals surface area contributed by atoms with Crippen molar-refractivity contribution < 1.29 is 46.3 Å². The summed E-state index contributed by atoms with van der Waals surface area (Å²) in [5.41, 5.74) is 0.444. The number of fused-ring (bicyclic) bond motifs is 1. The molecule has 0 radical (unpaired) electrons. The first-order valence-corrected chi connectivity index (χ1v) is 15.7. The lowest BCUT2D eigenvalue weighted by Gasteiger charge is -2.30. The van der Waals surface area contributed by atoms with Crippen molar-refractivity contribution in [3.8, 4) is 0 Å². The highest BCUT2D eigenvalue weighted by Gasteiger charge is 2.29. The molecule has 0 aliphatic heterocycles. The van der Waals surface area contributed by atoms with E-state index in [1.54, 1.807) is 26.0 Å². The van der Waals surface area contributed by atoms with E-state index in [0.717, 1.165) is 0 Å². The van der Waals surface area contributed by atoms with Gasteiger partial charge in [0, 0.05) is 25.1 Å². The maximum atomic E-state index is 13.8. The number of aromatic nitrogens is 1. The summed E-state index contributed by atoms with van der Waals surface area (Å²) < 4.78 is 60.8. The summed E-state index contributed by atoms with van der Waals surface area (Å²) in [6.45, 7) is 2.49. The number of benzene rings is 2. The number of phosphoric acid groups is 1. The third-order valence-electron chi connectivity index (χ3n) is 6.45. The van der Waals surface area contributed by atoms with Crippen LogP contribution in [0.4, 0.5) is 19.4 Å². The second kappa shape index (κ2) is 16.8. The van der Waals surface area contributed by atoms with E-state index >= 15 is 0 Å². The minimum Gasteiger partial charge on any atom is -0.447 e. The second-order valence-electron chi connectivity index (χ2n) is 9.62. The fourth-order valence-electron chi connectivity index (χ4n) is 4.18. The number of carbonyl (C=O) groups excluding carboxylic acids is 2. The zero-order valence-corrected chi connectivity index (χ0v) is 26.2. The van der Waals surface area contributed by atoms with Gasteiger partial charge in [0.15, 0.2) is 0 Å². The lowest BCUT2D eigenvalue weighted by atomic mass is 10.1. The molecule has 0 aliphatic rings. The number of amides is 2. The molecule has 0 unspecified atom stereocenters. The van der Waals surface area contributed by atoms with Crippen molar-refractivity contribution in [2.24, 2.45) is 0 Å². The SMILES string of the molecule is CCOP(=O)(OCC)OC[C@@H](O)C[C@H](COC(=O)Nc1cc2cc(F)ccc2cn1)N(C)C(=O)CCc1cccc(F)c1Cl. The highest BCUT2D eigenvalue weighted by molar-refractivity contribution is 7.48. The number of carbonyl (C=O) groups is 2. The maximum absolute atomic E-state index is 13.8. The standard InChI is InChI=1S/C29H35ClF2N3O8P/c1-4-41-44(39,42-5-2)43-18-24(36)15-23(35(3)27(37)12-10-19-7-6-8-25(32)28(19)30)17-40-29(38)34-26-14-21-13-22(31)11-9-20(21)16-33-26/h6-9,11,13-14,16,23-24,36H,4-5,10,12,15,17-18H2,1-3H3,(H,33,34,38)/t23-,24+/m1/s1. The number of likely N-dealkylation sites (N-methyl/N-ethyl adjacent to an activating group) is 1. The first-order chi connectivity index (χ1) is 20.9. The molecule has 1 heterocycles. The number of phosphoric ester groups is 1. The Kier molecular flexibility index (Phi) is 13.4. The summed E-state index contributed by atoms with van der Waals surface area (Å²) >= 11 is 6.02. The maximum Gasteiger partial charge on any atom is 0.474 e. The highest BCUT2D eigenvalue weighted by Crippen LogP contribution is 2.49. The van der Waals surface area contributed by atoms with Gasteiger partial charge in [0.25, 0.3) is 0 Å². The van der Waals surface area contributed by atoms with Gasteiger partial charge in [0.2, 0.25) is 5.91 Å². The first-order valence-electron chi connectivity index (χ1n) is 13.8. The summed E-state index contributed by atoms with van der Waals surface area (Å²) in [4.78, 5) is 31.1. The second-order valence-corrected chi connectivity index (χ2v) is 11.7. The van der Waals surface area contributed by atoms with Crippen LogP contribution >= 0.6 is 19.4 Å². The minimum absolute atomic E-state index is 0.0481. The normalized spacial score (nSPS) is 13.0. The molecule has 240 valence electrons. The van der Waals surface area contributed by atoms with Crippen LogP contribution in [0.1, 0.15) is 32.3 Å². The largest absolute Gasteiger partial charge is 0.474 e. The Balaban J connectivity index is 1.68. The van der Waals surface area contributed by atoms with Gasteiger partial charge >= 0.3 is 13.9 Å². The Morgan fingerprint density at radius 1 is 1.07 bits per heavy atom. The van der Waals surface area contributed by atoms with Crippen LogP contribution in [0.15, 0.2) is 48.7 Å². The van der Waals surface area contributed by atoms with Crippen LogP contribution in [-0.4, -0.2) is 72.6 Å². The number of aliphatic hydroxyl groups excluding tert-OH is 1. The van der Waals surface area contributed by atoms with E-state index in [-0.39, 0.29) is 49.9 Å². The number of hydrogen-bond donors (Lipinski definition) is 2. The van der Waals surface area contributed by atoms with Gasteiger partial charge in [-0.15, -0.1) is 0 Å². The fraction of sp³-hybridized carbons (Fsp3) is 0.414. The number of pyridine rings is 1. The van der Waals surface area contributed by atoms with Crippen LogP contribution < -0.4 is 5.32 Å². The van der Waals surface area contributed by atoms with Gasteiger partial charge < -0.3 is 14.7 Å². The highest BCUT2D eigenvalue weighted by atomic mass is 35.5. The third-order valence-corrected chi connectivity index (χ3v) is 8.48. The predicted molar refractivity (Wildman–Crippen MR) is 160 cm³/mol. The molecule has 0 bridgehead atoms. The molecule has 2 amide bonds. The van der Waals surface area contributed by atoms with E-state index in [4.69, 9.17) is 29.9 Å². The number of halogens is 3. The summed E-state index contributed by atoms with van der Waals surface area (Å²) in [7, 11) is -2.46. The van der Waals surface area contributed by atoms with Gasteiger partial charge in [0.05, 0.1) is 37.0 Å². The third kappa shape index (κ3) is 10.5. The van der Waals surface area contributed by atoms with Crippen molar-refractivity contribution in [3.05, 3.63) is 70.9 Å². The van der Waals surface area contributed by atoms with E-state index in [2.05, 4.69) is 10.3 Å². The number of hydrogen-bond acceptors (Lipinski definition) is 9. The Hall–Kier alpha value is -3.19. The fourth-order valence-corrected chi connectivity index (χ4v) is 5.61. The molecule has 2 atom stereocenters. The van der Waals surface area contributed by atoms with Crippen molar-refractivity contribution in [1.29, 1.82) is 0 Å². The topological polar surface area (TPSA) is 137 Å². The van der Waals surface area contributed by atoms with Gasteiger partial charge in [0.1, 0.15) is 24.1 Å². The molecule has 3 aromatic rings. The summed E-state index contributed by atoms with van der Waals surface area (Å²) in [6.07, 6.45) is -0.790. The van der Waals surface area contributed by atoms with Crippen molar-refractivity contribution in [1.82, 2.24) is 9.88 Å². The van der Waals surface area contributed by atoms with Gasteiger partial charge in [-0.25, -0.2) is 23.1 Å². The van der Waals surface area contributed by atoms with Crippen LogP contribution in [0, 0.1) is 11.6 Å². The van der Waals surface area contributed by atoms with E-state index in [0.29, 0.717) is 16.3 Å². The number of anilines is 1. The molecule has 0 saturated carbocycles. The van der Waals surface area contributed by atoms with E-state index in [9.17, 15) is 28.0 Å². The van der Waals surface area contributed by atoms with E-state index < -0.39 is 50.2 Å². The molecule has 2 N–H and O–H groups in total. The molecular formula is C29H35ClF2N3O8P. The number of nitrogens with one attached hydrogen (secondary N) is 1. The van der Waals surface area contributed by atoms with Gasteiger partial charge in [-0.05, 0) is 68.0 Å². The van der Waals surface area contributed by atoms with Gasteiger partial charge in [-0.2, -0.15) is 0 Å². The summed E-state index contributed by atoms with van der Waals surface area (Å²) in [5, 5.41) is 14.3. The molecule has 1 aromatic heterocycles. The minimum atomic E-state index is -3.91. The predicted octanol–water partition coefficient (Wildman–Crippen LogP) is 6.12. The quantitative estimate of drug-likeness (QED) is 0.175. The molecule has 0 spiro atoms. The molecule has 44 heavy (non-hydrogen) atoms. The first kappa shape index (κ1) is 35.3. The summed E-state index contributed by atoms with van der Waals surface area (Å²) in [6, 6.07) is 9.05. The number of aliphatic hydroxyl groups is 1. The van der Waals surface area contributed by atoms with Gasteiger partial charge in [-0.1, -0.05) is 23.7 Å². The Bertz CT molecular complexity index is 1470. The molecule has 0 aliphatic carbocycles. The van der Waals surface area contributed by atoms with E-state index in [1.165, 1.54) is 48.5 Å². The van der Waals surface area contributed by atoms with Crippen LogP contribution in [-0.2, 0) is 34.1 Å². The molecule has 0 saturated heterocycles. The zero-order valence-electron chi connectivity index (χ0n) is 24.5. The number of rotatable bonds is 16. The van der Waals surface area contributed by atoms with Crippen molar-refractivity contribution in [2.75, 3.05) is 38.8 Å². The molecule has 15 heteroatoms. The van der Waals surface area contributed by atoms with Crippen molar-refractivity contribution in [2.45, 2.75) is 45.3 Å². The Morgan fingerprint density at radius 3 is 2.50 bits per heavy atom. The molecule has 3 rings (SSSR count). The molecule has 0 fully saturated rings. The van der Waals surface area contributed by atoms with Crippen LogP contribution in [0.5, 0.6) is 0 Å². The smallest absolute Gasteiger partial charge is 0.447 e. The van der Waals surface area contributed by atoms with Crippen LogP contribution in [0.25, 0.3) is 10.8 Å². The van der Waals surface area contributed by atoms with Gasteiger partial charge in [-0.3, -0.25) is 23.7 Å². The molecule has 2 aromatic carbocycles. The summed E-state index contributed by atoms with van der Waals surface area (Å²) in [5.74, 6) is -1.35. The van der Waals surface area contributed by atoms with E-state index in [1.807, 2.05) is 0 Å². The number of ether oxygens (including phenoxy) is 1. The number of aryl methyl sites for hydroxylation is 1. The average molecular weight is 658 g/mol. The monoisotopic (exact) mass is 657 g/mol. The van der Waals surface area contributed by atoms with Crippen molar-refractivity contribution >= 4 is 48.0 Å². The van der Waals surface area contributed by atoms with Crippen LogP contribution in [0.3, 0.4) is 0 Å². The molecule has 11 nitrogen and oxygen atoms in total. The molecular weight excluding hydrogens is 623 g/mol. The zero-order chi connectivity index (χ0) is 32.3.